The minimum absolute atomic E-state index is 0.126. The summed E-state index contributed by atoms with van der Waals surface area (Å²) in [6.07, 6.45) is 0. The van der Waals surface area contributed by atoms with Crippen molar-refractivity contribution in [3.63, 3.8) is 0 Å². The van der Waals surface area contributed by atoms with Crippen LogP contribution in [0.25, 0.3) is 0 Å². The fourth-order valence-electron chi connectivity index (χ4n) is 2.25. The van der Waals surface area contributed by atoms with Crippen LogP contribution in [0, 0.1) is 15.9 Å². The van der Waals surface area contributed by atoms with Crippen LogP contribution in [-0.2, 0) is 10.0 Å². The Balaban J connectivity index is 2.79. The van der Waals surface area contributed by atoms with Crippen LogP contribution in [0.4, 0.5) is 15.8 Å². The van der Waals surface area contributed by atoms with E-state index in [0.717, 1.165) is 31.4 Å². The second kappa shape index (κ2) is 8.60. The van der Waals surface area contributed by atoms with Gasteiger partial charge in [-0.15, -0.1) is 11.6 Å². The Labute approximate surface area is 176 Å². The standard InChI is InChI=1S/C15H10BrCl2FN2O6S/c1-27-15-10(20-28(25,26)6-17)5-11(21(23)24)12(13(15)16)14(22)8-4-7(19)2-3-9(8)18/h2-5,20H,6H2,1H3. The third-order valence-electron chi connectivity index (χ3n) is 3.41. The molecular weight excluding hydrogens is 506 g/mol. The molecule has 0 saturated heterocycles. The number of hydrogen-bond donors (Lipinski definition) is 1. The SMILES string of the molecule is COc1c(NS(=O)(=O)CCl)cc([N+](=O)[O-])c(C(=O)c2cc(F)ccc2Cl)c1Br. The van der Waals surface area contributed by atoms with Crippen LogP contribution in [0.2, 0.25) is 5.02 Å². The minimum Gasteiger partial charge on any atom is -0.493 e. The van der Waals surface area contributed by atoms with Crippen molar-refractivity contribution in [2.45, 2.75) is 0 Å². The van der Waals surface area contributed by atoms with E-state index in [1.54, 1.807) is 0 Å². The maximum absolute atomic E-state index is 13.5. The molecule has 1 N–H and O–H groups in total. The number of nitro groups is 1. The molecule has 2 aromatic carbocycles. The van der Waals surface area contributed by atoms with Crippen molar-refractivity contribution in [3.8, 4) is 5.75 Å². The molecule has 8 nitrogen and oxygen atoms in total. The highest BCUT2D eigenvalue weighted by Crippen LogP contribution is 2.43. The lowest BCUT2D eigenvalue weighted by Crippen LogP contribution is -2.16. The number of methoxy groups -OCH3 is 1. The van der Waals surface area contributed by atoms with Gasteiger partial charge in [-0.05, 0) is 34.1 Å². The quantitative estimate of drug-likeness (QED) is 0.254. The van der Waals surface area contributed by atoms with Gasteiger partial charge in [-0.3, -0.25) is 19.6 Å². The van der Waals surface area contributed by atoms with Crippen LogP contribution in [0.1, 0.15) is 15.9 Å². The number of carbonyl (C=O) groups is 1. The molecule has 0 atom stereocenters. The largest absolute Gasteiger partial charge is 0.493 e. The van der Waals surface area contributed by atoms with Crippen molar-refractivity contribution in [2.24, 2.45) is 0 Å². The van der Waals surface area contributed by atoms with Gasteiger partial charge in [0.1, 0.15) is 16.6 Å². The number of rotatable bonds is 7. The van der Waals surface area contributed by atoms with Crippen LogP contribution in [0.5, 0.6) is 5.75 Å². The Morgan fingerprint density at radius 2 is 2.04 bits per heavy atom. The van der Waals surface area contributed by atoms with Gasteiger partial charge in [-0.25, -0.2) is 12.8 Å². The molecule has 0 aromatic heterocycles. The topological polar surface area (TPSA) is 116 Å². The zero-order chi connectivity index (χ0) is 21.2. The first-order chi connectivity index (χ1) is 13.0. The number of nitrogens with zero attached hydrogens (tertiary/aromatic N) is 1. The van der Waals surface area contributed by atoms with Gasteiger partial charge in [0, 0.05) is 11.6 Å². The first-order valence-electron chi connectivity index (χ1n) is 7.13. The van der Waals surface area contributed by atoms with Gasteiger partial charge < -0.3 is 4.74 Å². The van der Waals surface area contributed by atoms with E-state index in [2.05, 4.69) is 15.9 Å². The lowest BCUT2D eigenvalue weighted by molar-refractivity contribution is -0.385. The number of halogens is 4. The summed E-state index contributed by atoms with van der Waals surface area (Å²) < 4.78 is 43.9. The maximum Gasteiger partial charge on any atom is 0.284 e. The fourth-order valence-corrected chi connectivity index (χ4v) is 3.92. The number of benzene rings is 2. The lowest BCUT2D eigenvalue weighted by atomic mass is 10.0. The van der Waals surface area contributed by atoms with E-state index in [1.165, 1.54) is 0 Å². The third-order valence-corrected chi connectivity index (χ3v) is 6.18. The fraction of sp³-hybridized carbons (Fsp3) is 0.133. The van der Waals surface area contributed by atoms with Crippen molar-refractivity contribution < 1.29 is 27.3 Å². The second-order valence-electron chi connectivity index (χ2n) is 5.20. The first-order valence-corrected chi connectivity index (χ1v) is 10.5. The molecule has 0 aliphatic rings. The summed E-state index contributed by atoms with van der Waals surface area (Å²) in [5.41, 5.74) is -1.89. The van der Waals surface area contributed by atoms with E-state index in [-0.39, 0.29) is 26.5 Å². The predicted molar refractivity (Wildman–Crippen MR) is 105 cm³/mol. The molecule has 28 heavy (non-hydrogen) atoms. The number of nitro benzene ring substituents is 1. The summed E-state index contributed by atoms with van der Waals surface area (Å²) in [4.78, 5) is 23.5. The molecule has 13 heteroatoms. The number of sulfonamides is 1. The van der Waals surface area contributed by atoms with E-state index < -0.39 is 43.0 Å². The Kier molecular flexibility index (Phi) is 6.86. The Morgan fingerprint density at radius 3 is 2.57 bits per heavy atom. The van der Waals surface area contributed by atoms with Gasteiger partial charge in [-0.2, -0.15) is 0 Å². The van der Waals surface area contributed by atoms with Crippen LogP contribution >= 0.6 is 39.1 Å². The number of alkyl halides is 1. The van der Waals surface area contributed by atoms with Crippen molar-refractivity contribution in [3.05, 3.63) is 60.8 Å². The molecule has 0 aliphatic carbocycles. The molecule has 2 aromatic rings. The van der Waals surface area contributed by atoms with Gasteiger partial charge in [-0.1, -0.05) is 11.6 Å². The van der Waals surface area contributed by atoms with E-state index >= 15 is 0 Å². The zero-order valence-electron chi connectivity index (χ0n) is 13.8. The Morgan fingerprint density at radius 1 is 1.39 bits per heavy atom. The van der Waals surface area contributed by atoms with E-state index in [9.17, 15) is 27.7 Å². The average Bonchev–Trinajstić information content (AvgIpc) is 2.62. The molecule has 0 heterocycles. The number of nitrogens with one attached hydrogen (secondary N) is 1. The number of ketones is 1. The van der Waals surface area contributed by atoms with Crippen molar-refractivity contribution in [2.75, 3.05) is 17.0 Å². The summed E-state index contributed by atoms with van der Waals surface area (Å²) in [7, 11) is -2.87. The number of carbonyl (C=O) groups excluding carboxylic acids is 1. The number of anilines is 1. The second-order valence-corrected chi connectivity index (χ2v) is 8.71. The molecular formula is C15H10BrCl2FN2O6S. The smallest absolute Gasteiger partial charge is 0.284 e. The highest BCUT2D eigenvalue weighted by atomic mass is 79.9. The molecule has 0 amide bonds. The van der Waals surface area contributed by atoms with Gasteiger partial charge in [0.25, 0.3) is 5.69 Å². The highest BCUT2D eigenvalue weighted by Gasteiger charge is 2.31. The normalized spacial score (nSPS) is 11.2. The molecule has 0 spiro atoms. The molecule has 0 fully saturated rings. The molecule has 0 unspecified atom stereocenters. The van der Waals surface area contributed by atoms with Crippen molar-refractivity contribution in [1.29, 1.82) is 0 Å². The first kappa shape index (κ1) is 22.3. The monoisotopic (exact) mass is 514 g/mol. The van der Waals surface area contributed by atoms with Crippen LogP contribution in [0.15, 0.2) is 28.7 Å². The third kappa shape index (κ3) is 4.54. The Hall–Kier alpha value is -1.95. The molecule has 0 aliphatic heterocycles. The molecule has 0 radical (unpaired) electrons. The molecule has 0 bridgehead atoms. The van der Waals surface area contributed by atoms with Crippen molar-refractivity contribution in [1.82, 2.24) is 0 Å². The highest BCUT2D eigenvalue weighted by molar-refractivity contribution is 9.10. The number of ether oxygens (including phenoxy) is 1. The van der Waals surface area contributed by atoms with Crippen LogP contribution < -0.4 is 9.46 Å². The molecule has 0 saturated carbocycles. The van der Waals surface area contributed by atoms with Gasteiger partial charge in [0.15, 0.2) is 5.75 Å². The van der Waals surface area contributed by atoms with Crippen LogP contribution in [-0.4, -0.2) is 31.4 Å². The predicted octanol–water partition coefficient (Wildman–Crippen LogP) is 4.33. The Bertz CT molecular complexity index is 1080. The summed E-state index contributed by atoms with van der Waals surface area (Å²) in [5, 5.41) is 10.6. The summed E-state index contributed by atoms with van der Waals surface area (Å²) >= 11 is 14.3. The van der Waals surface area contributed by atoms with E-state index in [4.69, 9.17) is 27.9 Å². The number of hydrogen-bond acceptors (Lipinski definition) is 6. The molecule has 2 rings (SSSR count). The average molecular weight is 516 g/mol. The lowest BCUT2D eigenvalue weighted by Gasteiger charge is -2.15. The van der Waals surface area contributed by atoms with Gasteiger partial charge in [0.05, 0.1) is 27.2 Å². The summed E-state index contributed by atoms with van der Waals surface area (Å²) in [6, 6.07) is 3.78. The molecule has 150 valence electrons. The van der Waals surface area contributed by atoms with Gasteiger partial charge >= 0.3 is 0 Å². The van der Waals surface area contributed by atoms with E-state index in [0.29, 0.717) is 0 Å². The summed E-state index contributed by atoms with van der Waals surface area (Å²) in [5.74, 6) is -1.95. The van der Waals surface area contributed by atoms with Crippen molar-refractivity contribution >= 4 is 66.3 Å². The summed E-state index contributed by atoms with van der Waals surface area (Å²) in [6.45, 7) is 0. The minimum atomic E-state index is -4.03. The van der Waals surface area contributed by atoms with Gasteiger partial charge in [0.2, 0.25) is 15.8 Å². The van der Waals surface area contributed by atoms with E-state index in [1.807, 2.05) is 4.72 Å². The zero-order valence-corrected chi connectivity index (χ0v) is 17.7. The maximum atomic E-state index is 13.5. The van der Waals surface area contributed by atoms with Crippen LogP contribution in [0.3, 0.4) is 0 Å².